The zero-order valence-electron chi connectivity index (χ0n) is 22.4. The van der Waals surface area contributed by atoms with Crippen LogP contribution in [0.1, 0.15) is 23.0 Å². The quantitative estimate of drug-likeness (QED) is 0.155. The Morgan fingerprint density at radius 3 is 1.29 bits per heavy atom. The average Bonchev–Trinajstić information content (AvgIpc) is 2.93. The van der Waals surface area contributed by atoms with Gasteiger partial charge in [0.1, 0.15) is 23.0 Å². The second-order valence-electron chi connectivity index (χ2n) is 11.1. The summed E-state index contributed by atoms with van der Waals surface area (Å²) >= 11 is 0. The lowest BCUT2D eigenvalue weighted by atomic mass is 9.60. The summed E-state index contributed by atoms with van der Waals surface area (Å²) in [5.41, 5.74) is 1.70. The second-order valence-corrected chi connectivity index (χ2v) is 11.1. The Labute approximate surface area is 235 Å². The van der Waals surface area contributed by atoms with Crippen LogP contribution in [0.5, 0.6) is 23.0 Å². The van der Waals surface area contributed by atoms with E-state index in [9.17, 15) is 30.6 Å². The van der Waals surface area contributed by atoms with Gasteiger partial charge in [0, 0.05) is 58.2 Å². The van der Waals surface area contributed by atoms with E-state index in [0.717, 1.165) is 16.5 Å². The fraction of sp³-hybridized carbons (Fsp3) is 0.176. The number of aliphatic hydroxyl groups excluding tert-OH is 2. The third-order valence-corrected chi connectivity index (χ3v) is 8.72. The molecule has 1 aliphatic carbocycles. The average molecular weight is 548 g/mol. The van der Waals surface area contributed by atoms with Gasteiger partial charge in [-0.15, -0.1) is 0 Å². The van der Waals surface area contributed by atoms with Crippen molar-refractivity contribution in [2.75, 3.05) is 19.0 Å². The van der Waals surface area contributed by atoms with Crippen molar-refractivity contribution in [1.82, 2.24) is 0 Å². The maximum atomic E-state index is 11.9. The fourth-order valence-corrected chi connectivity index (χ4v) is 7.08. The van der Waals surface area contributed by atoms with Gasteiger partial charge in [0.05, 0.1) is 17.9 Å². The molecule has 0 heterocycles. The number of rotatable bonds is 3. The van der Waals surface area contributed by atoms with Gasteiger partial charge >= 0.3 is 0 Å². The molecule has 6 aromatic rings. The lowest BCUT2D eigenvalue weighted by molar-refractivity contribution is -0.0766. The van der Waals surface area contributed by atoms with E-state index in [-0.39, 0.29) is 23.0 Å². The van der Waals surface area contributed by atoms with Gasteiger partial charge in [-0.3, -0.25) is 0 Å². The third-order valence-electron chi connectivity index (χ3n) is 8.72. The van der Waals surface area contributed by atoms with Crippen LogP contribution >= 0.6 is 0 Å². The molecule has 0 spiro atoms. The number of phenols is 4. The molecule has 0 saturated heterocycles. The van der Waals surface area contributed by atoms with Crippen LogP contribution in [0.3, 0.4) is 0 Å². The van der Waals surface area contributed by atoms with Gasteiger partial charge in [-0.1, -0.05) is 48.5 Å². The maximum Gasteiger partial charge on any atom is 0.123 e. The Kier molecular flexibility index (Phi) is 5.48. The molecule has 0 amide bonds. The van der Waals surface area contributed by atoms with Crippen LogP contribution in [0.2, 0.25) is 0 Å². The summed E-state index contributed by atoms with van der Waals surface area (Å²) in [5.74, 6) is -1.86. The van der Waals surface area contributed by atoms with E-state index in [4.69, 9.17) is 0 Å². The lowest BCUT2D eigenvalue weighted by Gasteiger charge is -2.48. The zero-order valence-corrected chi connectivity index (χ0v) is 22.4. The second kappa shape index (κ2) is 8.89. The predicted molar refractivity (Wildman–Crippen MR) is 161 cm³/mol. The highest BCUT2D eigenvalue weighted by atomic mass is 16.3. The number of aromatic hydroxyl groups is 4. The van der Waals surface area contributed by atoms with E-state index in [1.807, 2.05) is 49.3 Å². The number of phenolic OH excluding ortho intramolecular Hbond substituents is 4. The maximum absolute atomic E-state index is 11.9. The van der Waals surface area contributed by atoms with Crippen molar-refractivity contribution in [3.05, 3.63) is 90.0 Å². The molecule has 0 radical (unpaired) electrons. The molecule has 0 aromatic heterocycles. The van der Waals surface area contributed by atoms with Gasteiger partial charge in [-0.25, -0.2) is 0 Å². The first-order valence-electron chi connectivity index (χ1n) is 13.5. The number of anilines is 1. The van der Waals surface area contributed by atoms with Crippen LogP contribution in [-0.2, 0) is 0 Å². The van der Waals surface area contributed by atoms with Gasteiger partial charge in [-0.2, -0.15) is 0 Å². The Morgan fingerprint density at radius 2 is 0.878 bits per heavy atom. The Morgan fingerprint density at radius 1 is 0.512 bits per heavy atom. The summed E-state index contributed by atoms with van der Waals surface area (Å²) in [7, 11) is 3.77. The van der Waals surface area contributed by atoms with Crippen molar-refractivity contribution in [3.63, 3.8) is 0 Å². The summed E-state index contributed by atoms with van der Waals surface area (Å²) in [6.45, 7) is 0. The molecular weight excluding hydrogens is 518 g/mol. The molecule has 0 bridgehead atoms. The van der Waals surface area contributed by atoms with Crippen LogP contribution in [0.25, 0.3) is 43.1 Å². The van der Waals surface area contributed by atoms with Gasteiger partial charge in [-0.05, 0) is 52.2 Å². The largest absolute Gasteiger partial charge is 0.507 e. The van der Waals surface area contributed by atoms with Crippen molar-refractivity contribution in [1.29, 1.82) is 0 Å². The Bertz CT molecular complexity index is 1900. The number of hydrogen-bond acceptors (Lipinski definition) is 7. The molecule has 6 N–H and O–H groups in total. The minimum Gasteiger partial charge on any atom is -0.507 e. The van der Waals surface area contributed by atoms with E-state index in [1.54, 1.807) is 48.5 Å². The summed E-state index contributed by atoms with van der Waals surface area (Å²) in [4.78, 5) is 1.91. The van der Waals surface area contributed by atoms with E-state index < -0.39 is 24.0 Å². The highest BCUT2D eigenvalue weighted by Gasteiger charge is 2.53. The van der Waals surface area contributed by atoms with Gasteiger partial charge in [0.15, 0.2) is 0 Å². The van der Waals surface area contributed by atoms with E-state index >= 15 is 0 Å². The predicted octanol–water partition coefficient (Wildman–Crippen LogP) is 5.79. The molecule has 7 heteroatoms. The van der Waals surface area contributed by atoms with E-state index in [0.29, 0.717) is 43.4 Å². The monoisotopic (exact) mass is 547 g/mol. The lowest BCUT2D eigenvalue weighted by Crippen LogP contribution is -2.52. The first kappa shape index (κ1) is 25.3. The molecule has 7 nitrogen and oxygen atoms in total. The number of aliphatic hydroxyl groups is 2. The minimum absolute atomic E-state index is 0.0213. The number of benzene rings is 6. The molecule has 1 fully saturated rings. The molecule has 206 valence electrons. The smallest absolute Gasteiger partial charge is 0.123 e. The van der Waals surface area contributed by atoms with Crippen molar-refractivity contribution in [2.45, 2.75) is 24.0 Å². The van der Waals surface area contributed by atoms with Crippen LogP contribution in [-0.4, -0.2) is 56.9 Å². The van der Waals surface area contributed by atoms with Gasteiger partial charge < -0.3 is 35.5 Å². The standard InChI is InChI=1S/C34H29NO6/c1-35(2)32-18-9-5-13-22(38)26(18)29(27-19(32)10-6-14-23(27)39)31-33(40)30(34(31)41)28-24-16(7-3-11-20(24)36)15-17-8-4-12-21(37)25(17)28/h3-15,30-31,33-34,36-41H,1-2H3. The molecular formula is C34H29NO6. The summed E-state index contributed by atoms with van der Waals surface area (Å²) in [6, 6.07) is 22.4. The Balaban J connectivity index is 1.53. The molecule has 7 rings (SSSR count). The van der Waals surface area contributed by atoms with Crippen molar-refractivity contribution in [2.24, 2.45) is 0 Å². The zero-order chi connectivity index (χ0) is 28.7. The van der Waals surface area contributed by atoms with Crippen LogP contribution in [0, 0.1) is 0 Å². The summed E-state index contributed by atoms with van der Waals surface area (Å²) in [5, 5.41) is 72.7. The number of fused-ring (bicyclic) bond motifs is 4. The van der Waals surface area contributed by atoms with Crippen molar-refractivity contribution >= 4 is 48.8 Å². The highest BCUT2D eigenvalue weighted by molar-refractivity contribution is 6.17. The number of hydrogen-bond donors (Lipinski definition) is 6. The summed E-state index contributed by atoms with van der Waals surface area (Å²) < 4.78 is 0. The molecule has 2 unspecified atom stereocenters. The van der Waals surface area contributed by atoms with Gasteiger partial charge in [0.2, 0.25) is 0 Å². The molecule has 1 saturated carbocycles. The summed E-state index contributed by atoms with van der Waals surface area (Å²) in [6.07, 6.45) is -2.34. The fourth-order valence-electron chi connectivity index (χ4n) is 7.08. The molecule has 6 aromatic carbocycles. The van der Waals surface area contributed by atoms with Gasteiger partial charge in [0.25, 0.3) is 0 Å². The van der Waals surface area contributed by atoms with Crippen molar-refractivity contribution in [3.8, 4) is 23.0 Å². The first-order valence-corrected chi connectivity index (χ1v) is 13.5. The molecule has 0 aliphatic heterocycles. The molecule has 41 heavy (non-hydrogen) atoms. The number of nitrogens with zero attached hydrogens (tertiary/aromatic N) is 1. The van der Waals surface area contributed by atoms with Crippen LogP contribution in [0.15, 0.2) is 78.9 Å². The van der Waals surface area contributed by atoms with Crippen LogP contribution < -0.4 is 4.90 Å². The van der Waals surface area contributed by atoms with E-state index in [1.165, 1.54) is 0 Å². The SMILES string of the molecule is CN(C)c1c2cccc(O)c2c(C2C(O)C(c3c4c(O)cccc4cc4cccc(O)c34)C2O)c2c(O)cccc12. The third kappa shape index (κ3) is 3.40. The normalized spacial score (nSPS) is 20.6. The molecule has 1 aliphatic rings. The molecule has 2 atom stereocenters. The van der Waals surface area contributed by atoms with Crippen LogP contribution in [0.4, 0.5) is 5.69 Å². The van der Waals surface area contributed by atoms with Crippen molar-refractivity contribution < 1.29 is 30.6 Å². The minimum atomic E-state index is -1.17. The Hall–Kier alpha value is -4.72. The topological polar surface area (TPSA) is 125 Å². The first-order chi connectivity index (χ1) is 19.7. The van der Waals surface area contributed by atoms with E-state index in [2.05, 4.69) is 0 Å². The highest BCUT2D eigenvalue weighted by Crippen LogP contribution is 2.58.